The summed E-state index contributed by atoms with van der Waals surface area (Å²) < 4.78 is 11.2. The fourth-order valence-electron chi connectivity index (χ4n) is 5.07. The fraction of sp³-hybridized carbons (Fsp3) is 0.522. The van der Waals surface area contributed by atoms with Crippen LogP contribution < -0.4 is 5.32 Å². The number of Topliss-reactive ketones (excluding diaryl/α,β-unsaturated/α-hetero) is 1. The van der Waals surface area contributed by atoms with E-state index in [9.17, 15) is 14.4 Å². The molecule has 0 radical (unpaired) electrons. The highest BCUT2D eigenvalue weighted by Crippen LogP contribution is 2.34. The molecular weight excluding hydrogens is 448 g/mol. The number of hydrogen-bond acceptors (Lipinski definition) is 7. The highest BCUT2D eigenvalue weighted by atomic mass is 35.5. The summed E-state index contributed by atoms with van der Waals surface area (Å²) in [5.41, 5.74) is 0. The van der Waals surface area contributed by atoms with Gasteiger partial charge in [-0.1, -0.05) is 19.3 Å². The molecule has 2 aromatic rings. The molecule has 9 nitrogen and oxygen atoms in total. The molecule has 1 saturated carbocycles. The summed E-state index contributed by atoms with van der Waals surface area (Å²) in [6.45, 7) is 0.177. The number of nitrogens with one attached hydrogen (secondary N) is 1. The van der Waals surface area contributed by atoms with E-state index in [2.05, 4.69) is 15.3 Å². The molecule has 1 aliphatic carbocycles. The van der Waals surface area contributed by atoms with Crippen LogP contribution in [0.3, 0.4) is 0 Å². The molecule has 2 aliphatic heterocycles. The first-order valence-corrected chi connectivity index (χ1v) is 11.7. The van der Waals surface area contributed by atoms with Crippen LogP contribution in [-0.2, 0) is 14.3 Å². The Morgan fingerprint density at radius 1 is 1.15 bits per heavy atom. The number of carbonyl (C=O) groups excluding carboxylic acids is 3. The summed E-state index contributed by atoms with van der Waals surface area (Å²) >= 11 is 6.39. The van der Waals surface area contributed by atoms with Gasteiger partial charge in [-0.15, -0.1) is 11.6 Å². The topological polar surface area (TPSA) is 115 Å². The Morgan fingerprint density at radius 3 is 2.67 bits per heavy atom. The zero-order chi connectivity index (χ0) is 22.9. The van der Waals surface area contributed by atoms with Crippen LogP contribution in [0.1, 0.15) is 42.7 Å². The van der Waals surface area contributed by atoms with Crippen molar-refractivity contribution in [2.45, 2.75) is 55.7 Å². The van der Waals surface area contributed by atoms with Gasteiger partial charge in [0.25, 0.3) is 5.91 Å². The predicted octanol–water partition coefficient (Wildman–Crippen LogP) is 2.20. The number of furan rings is 1. The lowest BCUT2D eigenvalue weighted by molar-refractivity contribution is -0.139. The fourth-order valence-corrected chi connectivity index (χ4v) is 5.43. The van der Waals surface area contributed by atoms with E-state index in [0.29, 0.717) is 11.6 Å². The molecule has 0 spiro atoms. The molecule has 2 aromatic heterocycles. The number of aromatic nitrogens is 2. The third-order valence-corrected chi connectivity index (χ3v) is 7.08. The summed E-state index contributed by atoms with van der Waals surface area (Å²) in [5, 5.41) is 2.44. The van der Waals surface area contributed by atoms with Crippen LogP contribution in [0.15, 0.2) is 35.0 Å². The minimum absolute atomic E-state index is 0.0210. The largest absolute Gasteiger partial charge is 0.448 e. The molecule has 3 aliphatic rings. The molecule has 2 amide bonds. The SMILES string of the molecule is O=C(N[C@H](C(=O)N1C[C@H](Cl)[C@H]2OCC(=O)[C@H]21)C1CCCCC1)c1ccc(-c2ncccn2)o1. The van der Waals surface area contributed by atoms with Crippen LogP contribution in [-0.4, -0.2) is 69.2 Å². The standard InChI is InChI=1S/C23H25ClN4O5/c24-14-11-28(19-15(29)12-32-20(14)19)23(31)18(13-5-2-1-3-6-13)27-22(30)17-8-7-16(33-17)21-25-9-4-10-26-21/h4,7-10,13-14,18-20H,1-3,5-6,11-12H2,(H,27,30)/t14-,18-,19+,20+/m0/s1. The number of hydrogen-bond donors (Lipinski definition) is 1. The summed E-state index contributed by atoms with van der Waals surface area (Å²) in [7, 11) is 0. The highest BCUT2D eigenvalue weighted by Gasteiger charge is 2.53. The van der Waals surface area contributed by atoms with Gasteiger partial charge < -0.3 is 19.4 Å². The molecular formula is C23H25ClN4O5. The number of ether oxygens (including phenoxy) is 1. The summed E-state index contributed by atoms with van der Waals surface area (Å²) in [6, 6.07) is 3.40. The molecule has 174 valence electrons. The van der Waals surface area contributed by atoms with Crippen molar-refractivity contribution in [3.05, 3.63) is 36.4 Å². The monoisotopic (exact) mass is 472 g/mol. The van der Waals surface area contributed by atoms with Gasteiger partial charge in [-0.3, -0.25) is 14.4 Å². The summed E-state index contributed by atoms with van der Waals surface area (Å²) in [6.07, 6.45) is 7.43. The molecule has 5 rings (SSSR count). The van der Waals surface area contributed by atoms with Crippen LogP contribution in [0.25, 0.3) is 11.6 Å². The van der Waals surface area contributed by atoms with Gasteiger partial charge in [0.1, 0.15) is 24.8 Å². The summed E-state index contributed by atoms with van der Waals surface area (Å²) in [5.74, 6) is -0.148. The minimum atomic E-state index is -0.768. The molecule has 10 heteroatoms. The van der Waals surface area contributed by atoms with Crippen molar-refractivity contribution < 1.29 is 23.5 Å². The first-order valence-electron chi connectivity index (χ1n) is 11.3. The lowest BCUT2D eigenvalue weighted by atomic mass is 9.83. The van der Waals surface area contributed by atoms with E-state index in [0.717, 1.165) is 32.1 Å². The number of ketones is 1. The Bertz CT molecular complexity index is 1040. The highest BCUT2D eigenvalue weighted by molar-refractivity contribution is 6.22. The second-order valence-electron chi connectivity index (χ2n) is 8.78. The van der Waals surface area contributed by atoms with Crippen LogP contribution in [0.4, 0.5) is 0 Å². The maximum Gasteiger partial charge on any atom is 0.287 e. The Balaban J connectivity index is 1.37. The number of nitrogens with zero attached hydrogens (tertiary/aromatic N) is 3. The molecule has 0 bridgehead atoms. The van der Waals surface area contributed by atoms with E-state index in [-0.39, 0.29) is 36.5 Å². The van der Waals surface area contributed by atoms with Crippen molar-refractivity contribution in [3.8, 4) is 11.6 Å². The van der Waals surface area contributed by atoms with E-state index in [1.54, 1.807) is 30.6 Å². The maximum absolute atomic E-state index is 13.7. The van der Waals surface area contributed by atoms with Gasteiger partial charge in [0, 0.05) is 18.9 Å². The zero-order valence-corrected chi connectivity index (χ0v) is 18.7. The summed E-state index contributed by atoms with van der Waals surface area (Å²) in [4.78, 5) is 48.9. The maximum atomic E-state index is 13.7. The quantitative estimate of drug-likeness (QED) is 0.663. The van der Waals surface area contributed by atoms with Gasteiger partial charge in [0.05, 0.1) is 5.38 Å². The number of likely N-dealkylation sites (tertiary alicyclic amines) is 1. The van der Waals surface area contributed by atoms with Crippen molar-refractivity contribution in [1.82, 2.24) is 20.2 Å². The van der Waals surface area contributed by atoms with Crippen LogP contribution in [0.2, 0.25) is 0 Å². The lowest BCUT2D eigenvalue weighted by Gasteiger charge is -2.34. The van der Waals surface area contributed by atoms with E-state index in [4.69, 9.17) is 20.8 Å². The Morgan fingerprint density at radius 2 is 1.91 bits per heavy atom. The van der Waals surface area contributed by atoms with Gasteiger partial charge >= 0.3 is 0 Å². The second-order valence-corrected chi connectivity index (χ2v) is 9.34. The third-order valence-electron chi connectivity index (χ3n) is 6.70. The van der Waals surface area contributed by atoms with E-state index in [1.807, 2.05) is 0 Å². The number of fused-ring (bicyclic) bond motifs is 1. The average Bonchev–Trinajstić information content (AvgIpc) is 3.56. The first-order chi connectivity index (χ1) is 16.0. The number of alkyl halides is 1. The van der Waals surface area contributed by atoms with E-state index >= 15 is 0 Å². The molecule has 33 heavy (non-hydrogen) atoms. The van der Waals surface area contributed by atoms with E-state index in [1.165, 1.54) is 4.90 Å². The Labute approximate surface area is 195 Å². The van der Waals surface area contributed by atoms with Crippen molar-refractivity contribution in [3.63, 3.8) is 0 Å². The average molecular weight is 473 g/mol. The van der Waals surface area contributed by atoms with Crippen LogP contribution >= 0.6 is 11.6 Å². The smallest absolute Gasteiger partial charge is 0.287 e. The van der Waals surface area contributed by atoms with Crippen molar-refractivity contribution >= 4 is 29.2 Å². The van der Waals surface area contributed by atoms with Crippen LogP contribution in [0, 0.1) is 5.92 Å². The Hall–Kier alpha value is -2.78. The molecule has 4 heterocycles. The molecule has 1 N–H and O–H groups in total. The predicted molar refractivity (Wildman–Crippen MR) is 117 cm³/mol. The van der Waals surface area contributed by atoms with Crippen molar-refractivity contribution in [2.75, 3.05) is 13.2 Å². The van der Waals surface area contributed by atoms with Gasteiger partial charge in [0.2, 0.25) is 5.91 Å². The molecule has 4 atom stereocenters. The number of carbonyl (C=O) groups is 3. The van der Waals surface area contributed by atoms with Crippen molar-refractivity contribution in [2.24, 2.45) is 5.92 Å². The van der Waals surface area contributed by atoms with Gasteiger partial charge in [-0.25, -0.2) is 9.97 Å². The molecule has 3 fully saturated rings. The van der Waals surface area contributed by atoms with Crippen LogP contribution in [0.5, 0.6) is 0 Å². The third kappa shape index (κ3) is 4.27. The normalized spacial score (nSPS) is 26.3. The van der Waals surface area contributed by atoms with Gasteiger partial charge in [-0.2, -0.15) is 0 Å². The lowest BCUT2D eigenvalue weighted by Crippen LogP contribution is -2.55. The first kappa shape index (κ1) is 22.0. The number of rotatable bonds is 5. The van der Waals surface area contributed by atoms with Gasteiger partial charge in [-0.05, 0) is 37.0 Å². The van der Waals surface area contributed by atoms with Crippen molar-refractivity contribution in [1.29, 1.82) is 0 Å². The second kappa shape index (κ2) is 9.23. The molecule has 0 unspecified atom stereocenters. The molecule has 0 aromatic carbocycles. The minimum Gasteiger partial charge on any atom is -0.448 e. The van der Waals surface area contributed by atoms with E-state index < -0.39 is 29.5 Å². The number of amides is 2. The molecule has 2 saturated heterocycles. The number of halogens is 1. The zero-order valence-electron chi connectivity index (χ0n) is 18.0. The Kier molecular flexibility index (Phi) is 6.16. The van der Waals surface area contributed by atoms with Gasteiger partial charge in [0.15, 0.2) is 23.1 Å².